The largest absolute Gasteiger partial charge is 0.462 e. The summed E-state index contributed by atoms with van der Waals surface area (Å²) in [5.74, 6) is -0.770. The fraction of sp³-hybridized carbons (Fsp3) is 0.571. The Morgan fingerprint density at radius 2 is 2.00 bits per heavy atom. The van der Waals surface area contributed by atoms with E-state index in [1.165, 1.54) is 6.08 Å². The summed E-state index contributed by atoms with van der Waals surface area (Å²) in [6.07, 6.45) is 4.94. The lowest BCUT2D eigenvalue weighted by Gasteiger charge is -2.13. The molecule has 5 heteroatoms. The molecule has 0 aliphatic carbocycles. The summed E-state index contributed by atoms with van der Waals surface area (Å²) in [6.45, 7) is 3.34. The van der Waals surface area contributed by atoms with E-state index in [9.17, 15) is 14.7 Å². The molecule has 19 heavy (non-hydrogen) atoms. The Bertz CT molecular complexity index is 383. The molecule has 2 unspecified atom stereocenters. The molecular formula is C14H20O5. The molecule has 1 aliphatic heterocycles. The van der Waals surface area contributed by atoms with Crippen molar-refractivity contribution in [2.24, 2.45) is 0 Å². The first-order valence-electron chi connectivity index (χ1n) is 6.36. The summed E-state index contributed by atoms with van der Waals surface area (Å²) < 4.78 is 10.3. The second kappa shape index (κ2) is 7.74. The molecule has 0 aromatic carbocycles. The van der Waals surface area contributed by atoms with E-state index in [1.807, 2.05) is 0 Å². The van der Waals surface area contributed by atoms with Crippen LogP contribution in [-0.2, 0) is 19.1 Å². The fourth-order valence-corrected chi connectivity index (χ4v) is 1.77. The number of ether oxygens (including phenoxy) is 2. The van der Waals surface area contributed by atoms with Crippen LogP contribution >= 0.6 is 0 Å². The van der Waals surface area contributed by atoms with Gasteiger partial charge in [-0.2, -0.15) is 0 Å². The predicted molar refractivity (Wildman–Crippen MR) is 69.3 cm³/mol. The smallest absolute Gasteiger partial charge is 0.330 e. The van der Waals surface area contributed by atoms with Crippen LogP contribution in [0.15, 0.2) is 23.8 Å². The zero-order valence-electron chi connectivity index (χ0n) is 11.3. The van der Waals surface area contributed by atoms with Crippen molar-refractivity contribution in [1.29, 1.82) is 0 Å². The van der Waals surface area contributed by atoms with E-state index in [-0.39, 0.29) is 31.2 Å². The highest BCUT2D eigenvalue weighted by Crippen LogP contribution is 2.11. The maximum absolute atomic E-state index is 11.5. The zero-order chi connectivity index (χ0) is 14.3. The van der Waals surface area contributed by atoms with Gasteiger partial charge in [0.2, 0.25) is 0 Å². The molecular weight excluding hydrogens is 248 g/mol. The second-order valence-electron chi connectivity index (χ2n) is 4.61. The van der Waals surface area contributed by atoms with Gasteiger partial charge >= 0.3 is 11.9 Å². The normalized spacial score (nSPS) is 26.4. The molecule has 0 aromatic heterocycles. The molecule has 0 fully saturated rings. The van der Waals surface area contributed by atoms with Crippen LogP contribution in [-0.4, -0.2) is 35.9 Å². The van der Waals surface area contributed by atoms with Crippen LogP contribution < -0.4 is 0 Å². The minimum Gasteiger partial charge on any atom is -0.462 e. The number of carbonyl (C=O) groups excluding carboxylic acids is 2. The van der Waals surface area contributed by atoms with Gasteiger partial charge in [-0.1, -0.05) is 12.2 Å². The van der Waals surface area contributed by atoms with Crippen molar-refractivity contribution in [2.45, 2.75) is 45.3 Å². The number of cyclic esters (lactones) is 2. The van der Waals surface area contributed by atoms with Crippen molar-refractivity contribution in [1.82, 2.24) is 0 Å². The highest BCUT2D eigenvalue weighted by atomic mass is 16.5. The quantitative estimate of drug-likeness (QED) is 0.576. The molecule has 0 spiro atoms. The monoisotopic (exact) mass is 268 g/mol. The van der Waals surface area contributed by atoms with Gasteiger partial charge in [0.15, 0.2) is 0 Å². The SMILES string of the molecule is CC1CC(CO)=CCC(=O)OC(C)CC=CC(=O)O1. The molecule has 1 N–H and O–H groups in total. The van der Waals surface area contributed by atoms with E-state index in [4.69, 9.17) is 9.47 Å². The Morgan fingerprint density at radius 3 is 2.68 bits per heavy atom. The molecule has 1 aliphatic rings. The zero-order valence-corrected chi connectivity index (χ0v) is 11.3. The van der Waals surface area contributed by atoms with Crippen LogP contribution in [0.5, 0.6) is 0 Å². The van der Waals surface area contributed by atoms with E-state index in [2.05, 4.69) is 0 Å². The average molecular weight is 268 g/mol. The Morgan fingerprint density at radius 1 is 1.26 bits per heavy atom. The van der Waals surface area contributed by atoms with Crippen LogP contribution in [0.25, 0.3) is 0 Å². The molecule has 0 saturated carbocycles. The van der Waals surface area contributed by atoms with Gasteiger partial charge in [-0.3, -0.25) is 4.79 Å². The maximum atomic E-state index is 11.5. The summed E-state index contributed by atoms with van der Waals surface area (Å²) in [5.41, 5.74) is 0.660. The van der Waals surface area contributed by atoms with E-state index in [1.54, 1.807) is 26.0 Å². The highest BCUT2D eigenvalue weighted by molar-refractivity contribution is 5.82. The molecule has 5 nitrogen and oxygen atoms in total. The van der Waals surface area contributed by atoms with Crippen molar-refractivity contribution < 1.29 is 24.2 Å². The van der Waals surface area contributed by atoms with Crippen molar-refractivity contribution in [2.75, 3.05) is 6.61 Å². The van der Waals surface area contributed by atoms with Crippen molar-refractivity contribution in [3.05, 3.63) is 23.8 Å². The fourth-order valence-electron chi connectivity index (χ4n) is 1.77. The van der Waals surface area contributed by atoms with E-state index < -0.39 is 5.97 Å². The number of esters is 2. The first-order chi connectivity index (χ1) is 9.01. The van der Waals surface area contributed by atoms with Crippen molar-refractivity contribution in [3.63, 3.8) is 0 Å². The van der Waals surface area contributed by atoms with Crippen LogP contribution in [0, 0.1) is 0 Å². The van der Waals surface area contributed by atoms with Crippen molar-refractivity contribution >= 4 is 11.9 Å². The molecule has 0 amide bonds. The van der Waals surface area contributed by atoms with Gasteiger partial charge in [0.05, 0.1) is 13.0 Å². The van der Waals surface area contributed by atoms with Gasteiger partial charge in [-0.15, -0.1) is 0 Å². The van der Waals surface area contributed by atoms with Gasteiger partial charge in [0, 0.05) is 18.9 Å². The molecule has 106 valence electrons. The van der Waals surface area contributed by atoms with Gasteiger partial charge < -0.3 is 14.6 Å². The van der Waals surface area contributed by atoms with E-state index >= 15 is 0 Å². The predicted octanol–water partition coefficient (Wildman–Crippen LogP) is 1.51. The lowest BCUT2D eigenvalue weighted by Crippen LogP contribution is -2.15. The maximum Gasteiger partial charge on any atom is 0.330 e. The second-order valence-corrected chi connectivity index (χ2v) is 4.61. The Kier molecular flexibility index (Phi) is 6.29. The molecule has 2 atom stereocenters. The van der Waals surface area contributed by atoms with Gasteiger partial charge in [-0.25, -0.2) is 4.79 Å². The first-order valence-corrected chi connectivity index (χ1v) is 6.36. The summed E-state index contributed by atoms with van der Waals surface area (Å²) in [4.78, 5) is 23.0. The summed E-state index contributed by atoms with van der Waals surface area (Å²) in [6, 6.07) is 0. The van der Waals surface area contributed by atoms with Gasteiger partial charge in [0.25, 0.3) is 0 Å². The minimum absolute atomic E-state index is 0.116. The van der Waals surface area contributed by atoms with Gasteiger partial charge in [0.1, 0.15) is 12.2 Å². The number of aliphatic hydroxyl groups is 1. The Hall–Kier alpha value is -1.62. The lowest BCUT2D eigenvalue weighted by atomic mass is 10.1. The molecule has 1 heterocycles. The lowest BCUT2D eigenvalue weighted by molar-refractivity contribution is -0.147. The molecule has 1 rings (SSSR count). The van der Waals surface area contributed by atoms with Crippen LogP contribution in [0.3, 0.4) is 0 Å². The molecule has 0 saturated heterocycles. The summed E-state index contributed by atoms with van der Waals surface area (Å²) in [5, 5.41) is 9.20. The third kappa shape index (κ3) is 6.20. The topological polar surface area (TPSA) is 72.8 Å². The number of carbonyl (C=O) groups is 2. The molecule has 0 radical (unpaired) electrons. The average Bonchev–Trinajstić information content (AvgIpc) is 2.33. The summed E-state index contributed by atoms with van der Waals surface area (Å²) in [7, 11) is 0. The number of aliphatic hydroxyl groups excluding tert-OH is 1. The van der Waals surface area contributed by atoms with Gasteiger partial charge in [-0.05, 0) is 19.4 Å². The third-order valence-electron chi connectivity index (χ3n) is 2.68. The summed E-state index contributed by atoms with van der Waals surface area (Å²) >= 11 is 0. The standard InChI is InChI=1S/C14H20O5/c1-10-4-3-5-13(16)19-11(2)8-12(9-15)6-7-14(17)18-10/h3,5-6,10-11,15H,4,7-9H2,1-2H3. The van der Waals surface area contributed by atoms with Crippen LogP contribution in [0.4, 0.5) is 0 Å². The van der Waals surface area contributed by atoms with Crippen molar-refractivity contribution in [3.8, 4) is 0 Å². The number of hydrogen-bond acceptors (Lipinski definition) is 5. The van der Waals surface area contributed by atoms with E-state index in [0.717, 1.165) is 0 Å². The number of rotatable bonds is 1. The van der Waals surface area contributed by atoms with Crippen LogP contribution in [0.1, 0.15) is 33.1 Å². The molecule has 0 aromatic rings. The van der Waals surface area contributed by atoms with E-state index in [0.29, 0.717) is 18.4 Å². The third-order valence-corrected chi connectivity index (χ3v) is 2.68. The Balaban J connectivity index is 2.79. The highest BCUT2D eigenvalue weighted by Gasteiger charge is 2.13. The minimum atomic E-state index is -0.428. The first kappa shape index (κ1) is 15.4. The Labute approximate surface area is 112 Å². The molecule has 0 bridgehead atoms. The van der Waals surface area contributed by atoms with Crippen LogP contribution in [0.2, 0.25) is 0 Å². The number of hydrogen-bond donors (Lipinski definition) is 1.